The molecule has 0 unspecified atom stereocenters. The molecule has 18 heavy (non-hydrogen) atoms. The molecule has 0 spiro atoms. The summed E-state index contributed by atoms with van der Waals surface area (Å²) < 4.78 is 45.3. The molecule has 1 aromatic carbocycles. The van der Waals surface area contributed by atoms with Gasteiger partial charge in [-0.05, 0) is 17.7 Å². The van der Waals surface area contributed by atoms with Gasteiger partial charge in [0.05, 0.1) is 5.60 Å². The van der Waals surface area contributed by atoms with E-state index in [1.54, 1.807) is 6.07 Å². The Kier molecular flexibility index (Phi) is 3.49. The summed E-state index contributed by atoms with van der Waals surface area (Å²) in [6.07, 6.45) is -4.00. The van der Waals surface area contributed by atoms with Gasteiger partial charge < -0.3 is 14.6 Å². The van der Waals surface area contributed by atoms with Crippen LogP contribution in [0.25, 0.3) is 0 Å². The molecule has 1 aliphatic rings. The average molecular weight is 262 g/mol. The van der Waals surface area contributed by atoms with Crippen LogP contribution in [0, 0.1) is 0 Å². The third-order valence-corrected chi connectivity index (χ3v) is 2.92. The predicted molar refractivity (Wildman–Crippen MR) is 57.1 cm³/mol. The van der Waals surface area contributed by atoms with Crippen molar-refractivity contribution >= 4 is 0 Å². The van der Waals surface area contributed by atoms with E-state index < -0.39 is 12.0 Å². The Morgan fingerprint density at radius 2 is 1.89 bits per heavy atom. The van der Waals surface area contributed by atoms with Gasteiger partial charge in [-0.1, -0.05) is 12.1 Å². The number of alkyl halides is 3. The molecule has 0 radical (unpaired) electrons. The van der Waals surface area contributed by atoms with Crippen LogP contribution in [-0.4, -0.2) is 24.7 Å². The number of benzene rings is 1. The highest BCUT2D eigenvalue weighted by atomic mass is 19.4. The lowest BCUT2D eigenvalue weighted by atomic mass is 9.86. The van der Waals surface area contributed by atoms with Crippen LogP contribution in [0.5, 0.6) is 5.75 Å². The fourth-order valence-electron chi connectivity index (χ4n) is 1.98. The molecule has 0 amide bonds. The first-order chi connectivity index (χ1) is 8.39. The predicted octanol–water partition coefficient (Wildman–Crippen LogP) is 2.58. The first-order valence-corrected chi connectivity index (χ1v) is 5.55. The molecule has 100 valence electrons. The number of halogens is 3. The van der Waals surface area contributed by atoms with Gasteiger partial charge in [-0.25, -0.2) is 0 Å². The van der Waals surface area contributed by atoms with Crippen molar-refractivity contribution < 1.29 is 27.8 Å². The van der Waals surface area contributed by atoms with Gasteiger partial charge in [0, 0.05) is 26.1 Å². The van der Waals surface area contributed by atoms with Gasteiger partial charge in [-0.3, -0.25) is 0 Å². The van der Waals surface area contributed by atoms with E-state index in [2.05, 4.69) is 4.74 Å². The molecular weight excluding hydrogens is 249 g/mol. The average Bonchev–Trinajstić information content (AvgIpc) is 2.28. The van der Waals surface area contributed by atoms with Crippen LogP contribution in [-0.2, 0) is 10.3 Å². The van der Waals surface area contributed by atoms with Gasteiger partial charge in [0.25, 0.3) is 0 Å². The van der Waals surface area contributed by atoms with Crippen molar-refractivity contribution in [3.63, 3.8) is 0 Å². The first-order valence-electron chi connectivity index (χ1n) is 5.55. The second-order valence-electron chi connectivity index (χ2n) is 4.22. The lowest BCUT2D eigenvalue weighted by Gasteiger charge is -2.32. The summed E-state index contributed by atoms with van der Waals surface area (Å²) in [5.41, 5.74) is -0.712. The summed E-state index contributed by atoms with van der Waals surface area (Å²) in [5, 5.41) is 10.3. The molecule has 6 heteroatoms. The molecular formula is C12H13F3O3. The molecule has 1 heterocycles. The number of rotatable bonds is 2. The van der Waals surface area contributed by atoms with E-state index in [1.165, 1.54) is 18.2 Å². The van der Waals surface area contributed by atoms with Gasteiger partial charge in [0.15, 0.2) is 0 Å². The Balaban J connectivity index is 2.21. The summed E-state index contributed by atoms with van der Waals surface area (Å²) in [6.45, 7) is 0.779. The van der Waals surface area contributed by atoms with Crippen LogP contribution in [0.2, 0.25) is 0 Å². The summed E-state index contributed by atoms with van der Waals surface area (Å²) in [6, 6.07) is 5.46. The van der Waals surface area contributed by atoms with Crippen LogP contribution in [0.3, 0.4) is 0 Å². The molecule has 0 aromatic heterocycles. The van der Waals surface area contributed by atoms with Gasteiger partial charge in [0.1, 0.15) is 5.75 Å². The number of aliphatic hydroxyl groups is 1. The lowest BCUT2D eigenvalue weighted by molar-refractivity contribution is -0.274. The minimum atomic E-state index is -4.73. The Morgan fingerprint density at radius 3 is 2.50 bits per heavy atom. The third-order valence-electron chi connectivity index (χ3n) is 2.92. The normalized spacial score (nSPS) is 19.6. The van der Waals surface area contributed by atoms with Gasteiger partial charge in [0.2, 0.25) is 0 Å². The smallest absolute Gasteiger partial charge is 0.406 e. The summed E-state index contributed by atoms with van der Waals surface area (Å²) in [4.78, 5) is 0. The Hall–Kier alpha value is -1.27. The molecule has 0 atom stereocenters. The molecule has 3 nitrogen and oxygen atoms in total. The minimum Gasteiger partial charge on any atom is -0.406 e. The summed E-state index contributed by atoms with van der Waals surface area (Å²) in [7, 11) is 0. The highest BCUT2D eigenvalue weighted by Crippen LogP contribution is 2.34. The second kappa shape index (κ2) is 4.78. The maximum absolute atomic E-state index is 12.1. The largest absolute Gasteiger partial charge is 0.573 e. The molecule has 1 fully saturated rings. The molecule has 0 bridgehead atoms. The molecule has 0 saturated carbocycles. The highest BCUT2D eigenvalue weighted by molar-refractivity contribution is 5.32. The first kappa shape index (κ1) is 13.2. The van der Waals surface area contributed by atoms with Crippen LogP contribution in [0.4, 0.5) is 13.2 Å². The standard InChI is InChI=1S/C12H13F3O3/c13-12(14,15)18-10-3-1-2-9(8-10)11(16)4-6-17-7-5-11/h1-3,8,16H,4-7H2. The maximum Gasteiger partial charge on any atom is 0.573 e. The summed E-state index contributed by atoms with van der Waals surface area (Å²) in [5.74, 6) is -0.320. The quantitative estimate of drug-likeness (QED) is 0.890. The van der Waals surface area contributed by atoms with E-state index in [0.29, 0.717) is 31.6 Å². The fourth-order valence-corrected chi connectivity index (χ4v) is 1.98. The zero-order valence-corrected chi connectivity index (χ0v) is 9.54. The zero-order valence-electron chi connectivity index (χ0n) is 9.54. The van der Waals surface area contributed by atoms with Crippen molar-refractivity contribution in [2.75, 3.05) is 13.2 Å². The molecule has 0 aliphatic carbocycles. The van der Waals surface area contributed by atoms with E-state index >= 15 is 0 Å². The van der Waals surface area contributed by atoms with Crippen LogP contribution in [0.15, 0.2) is 24.3 Å². The van der Waals surface area contributed by atoms with Crippen LogP contribution >= 0.6 is 0 Å². The second-order valence-corrected chi connectivity index (χ2v) is 4.22. The fraction of sp³-hybridized carbons (Fsp3) is 0.500. The van der Waals surface area contributed by atoms with Crippen LogP contribution in [0.1, 0.15) is 18.4 Å². The van der Waals surface area contributed by atoms with E-state index in [-0.39, 0.29) is 5.75 Å². The third kappa shape index (κ3) is 3.14. The monoisotopic (exact) mass is 262 g/mol. The van der Waals surface area contributed by atoms with Crippen molar-refractivity contribution in [2.45, 2.75) is 24.8 Å². The SMILES string of the molecule is OC1(c2cccc(OC(F)(F)F)c2)CCOCC1. The highest BCUT2D eigenvalue weighted by Gasteiger charge is 2.34. The van der Waals surface area contributed by atoms with Crippen molar-refractivity contribution in [3.05, 3.63) is 29.8 Å². The molecule has 1 saturated heterocycles. The minimum absolute atomic E-state index is 0.320. The molecule has 2 rings (SSSR count). The van der Waals surface area contributed by atoms with Crippen molar-refractivity contribution in [2.24, 2.45) is 0 Å². The zero-order chi connectivity index (χ0) is 13.2. The summed E-state index contributed by atoms with van der Waals surface area (Å²) >= 11 is 0. The lowest BCUT2D eigenvalue weighted by Crippen LogP contribution is -2.33. The van der Waals surface area contributed by atoms with Crippen molar-refractivity contribution in [1.82, 2.24) is 0 Å². The van der Waals surface area contributed by atoms with Crippen LogP contribution < -0.4 is 4.74 Å². The van der Waals surface area contributed by atoms with Gasteiger partial charge in [-0.15, -0.1) is 13.2 Å². The number of ether oxygens (including phenoxy) is 2. The van der Waals surface area contributed by atoms with E-state index in [0.717, 1.165) is 0 Å². The van der Waals surface area contributed by atoms with Gasteiger partial charge in [-0.2, -0.15) is 0 Å². The number of hydrogen-bond acceptors (Lipinski definition) is 3. The van der Waals surface area contributed by atoms with E-state index in [4.69, 9.17) is 4.74 Å². The number of hydrogen-bond donors (Lipinski definition) is 1. The Labute approximate surface area is 102 Å². The molecule has 1 N–H and O–H groups in total. The Bertz CT molecular complexity index is 411. The van der Waals surface area contributed by atoms with Crippen molar-refractivity contribution in [1.29, 1.82) is 0 Å². The topological polar surface area (TPSA) is 38.7 Å². The maximum atomic E-state index is 12.1. The molecule has 1 aliphatic heterocycles. The van der Waals surface area contributed by atoms with E-state index in [1.807, 2.05) is 0 Å². The van der Waals surface area contributed by atoms with E-state index in [9.17, 15) is 18.3 Å². The molecule has 1 aromatic rings. The Morgan fingerprint density at radius 1 is 1.22 bits per heavy atom. The van der Waals surface area contributed by atoms with Crippen molar-refractivity contribution in [3.8, 4) is 5.75 Å². The van der Waals surface area contributed by atoms with Gasteiger partial charge >= 0.3 is 6.36 Å².